The number of ether oxygens (including phenoxy) is 1. The zero-order valence-corrected chi connectivity index (χ0v) is 20.8. The highest BCUT2D eigenvalue weighted by Gasteiger charge is 2.23. The maximum Gasteiger partial charge on any atom is 0.263 e. The molecule has 180 valence electrons. The van der Waals surface area contributed by atoms with Crippen molar-refractivity contribution < 1.29 is 9.53 Å². The molecule has 1 N–H and O–H groups in total. The highest BCUT2D eigenvalue weighted by Crippen LogP contribution is 2.39. The van der Waals surface area contributed by atoms with E-state index in [2.05, 4.69) is 51.5 Å². The molecule has 0 saturated carbocycles. The van der Waals surface area contributed by atoms with Gasteiger partial charge in [0, 0.05) is 43.5 Å². The van der Waals surface area contributed by atoms with Crippen LogP contribution in [0.4, 0.5) is 5.00 Å². The fourth-order valence-electron chi connectivity index (χ4n) is 4.36. The summed E-state index contributed by atoms with van der Waals surface area (Å²) in [7, 11) is 1.89. The van der Waals surface area contributed by atoms with E-state index in [4.69, 9.17) is 4.74 Å². The second-order valence-corrected chi connectivity index (χ2v) is 9.80. The summed E-state index contributed by atoms with van der Waals surface area (Å²) in [5, 5.41) is 8.73. The number of hydrogen-bond acceptors (Lipinski definition) is 5. The summed E-state index contributed by atoms with van der Waals surface area (Å²) in [4.78, 5) is 18.3. The molecular weight excluding hydrogens is 456 g/mol. The molecule has 1 aliphatic heterocycles. The molecule has 0 radical (unpaired) electrons. The molecule has 0 atom stereocenters. The SMILES string of the molecule is CN(CCCc1cc(-c2ccccc2)n[nH]1)C(=O)c1cc(-c2ccccc2)c(N2CCOCC2)s1. The molecule has 0 aliphatic carbocycles. The summed E-state index contributed by atoms with van der Waals surface area (Å²) in [6, 6.07) is 24.6. The average molecular weight is 487 g/mol. The predicted octanol–water partition coefficient (Wildman–Crippen LogP) is 5.35. The molecule has 2 aromatic heterocycles. The lowest BCUT2D eigenvalue weighted by molar-refractivity contribution is 0.0798. The number of amides is 1. The van der Waals surface area contributed by atoms with Crippen LogP contribution in [0.15, 0.2) is 72.8 Å². The van der Waals surface area contributed by atoms with Crippen molar-refractivity contribution in [2.75, 3.05) is 44.8 Å². The summed E-state index contributed by atoms with van der Waals surface area (Å²) in [5.74, 6) is 0.0706. The van der Waals surface area contributed by atoms with Gasteiger partial charge in [0.05, 0.1) is 28.8 Å². The number of hydrogen-bond donors (Lipinski definition) is 1. The zero-order chi connectivity index (χ0) is 24.0. The van der Waals surface area contributed by atoms with Gasteiger partial charge in [0.2, 0.25) is 0 Å². The molecular formula is C28H30N4O2S. The van der Waals surface area contributed by atoms with Gasteiger partial charge >= 0.3 is 0 Å². The van der Waals surface area contributed by atoms with Gasteiger partial charge in [-0.1, -0.05) is 60.7 Å². The number of aromatic nitrogens is 2. The lowest BCUT2D eigenvalue weighted by atomic mass is 10.1. The van der Waals surface area contributed by atoms with Crippen molar-refractivity contribution in [1.82, 2.24) is 15.1 Å². The molecule has 5 rings (SSSR count). The number of aryl methyl sites for hydroxylation is 1. The Balaban J connectivity index is 1.25. The molecule has 0 unspecified atom stereocenters. The van der Waals surface area contributed by atoms with Gasteiger partial charge in [0.1, 0.15) is 0 Å². The molecule has 6 nitrogen and oxygen atoms in total. The molecule has 2 aromatic carbocycles. The summed E-state index contributed by atoms with van der Waals surface area (Å²) < 4.78 is 5.55. The monoisotopic (exact) mass is 486 g/mol. The van der Waals surface area contributed by atoms with Gasteiger partial charge in [-0.2, -0.15) is 5.10 Å². The zero-order valence-electron chi connectivity index (χ0n) is 19.9. The lowest BCUT2D eigenvalue weighted by Crippen LogP contribution is -2.35. The number of aromatic amines is 1. The van der Waals surface area contributed by atoms with E-state index in [0.717, 1.165) is 77.1 Å². The minimum Gasteiger partial charge on any atom is -0.378 e. The third-order valence-corrected chi connectivity index (χ3v) is 7.48. The van der Waals surface area contributed by atoms with E-state index in [1.54, 1.807) is 11.3 Å². The van der Waals surface area contributed by atoms with Crippen molar-refractivity contribution in [3.8, 4) is 22.4 Å². The summed E-state index contributed by atoms with van der Waals surface area (Å²) in [6.45, 7) is 3.81. The lowest BCUT2D eigenvalue weighted by Gasteiger charge is -2.28. The topological polar surface area (TPSA) is 61.5 Å². The number of anilines is 1. The van der Waals surface area contributed by atoms with Gasteiger partial charge in [-0.3, -0.25) is 9.89 Å². The van der Waals surface area contributed by atoms with Gasteiger partial charge in [0.25, 0.3) is 5.91 Å². The van der Waals surface area contributed by atoms with Crippen molar-refractivity contribution in [2.24, 2.45) is 0 Å². The fraction of sp³-hybridized carbons (Fsp3) is 0.286. The largest absolute Gasteiger partial charge is 0.378 e. The molecule has 1 saturated heterocycles. The number of H-pyrrole nitrogens is 1. The van der Waals surface area contributed by atoms with Gasteiger partial charge in [-0.05, 0) is 30.5 Å². The van der Waals surface area contributed by atoms with Crippen LogP contribution in [0.2, 0.25) is 0 Å². The molecule has 0 spiro atoms. The van der Waals surface area contributed by atoms with E-state index in [1.165, 1.54) is 0 Å². The van der Waals surface area contributed by atoms with Crippen LogP contribution in [-0.4, -0.2) is 60.9 Å². The van der Waals surface area contributed by atoms with Crippen LogP contribution in [0.1, 0.15) is 21.8 Å². The minimum atomic E-state index is 0.0706. The number of benzene rings is 2. The van der Waals surface area contributed by atoms with Gasteiger partial charge in [-0.15, -0.1) is 11.3 Å². The standard InChI is InChI=1S/C28H30N4O2S/c1-31(14-8-13-23-19-25(30-29-23)22-11-6-3-7-12-22)27(33)26-20-24(21-9-4-2-5-10-21)28(35-26)32-15-17-34-18-16-32/h2-7,9-12,19-20H,8,13-18H2,1H3,(H,29,30). The average Bonchev–Trinajstić information content (AvgIpc) is 3.58. The van der Waals surface area contributed by atoms with Crippen LogP contribution < -0.4 is 4.90 Å². The fourth-order valence-corrected chi connectivity index (χ4v) is 5.58. The van der Waals surface area contributed by atoms with Crippen molar-refractivity contribution >= 4 is 22.2 Å². The first-order valence-electron chi connectivity index (χ1n) is 12.1. The van der Waals surface area contributed by atoms with Crippen LogP contribution >= 0.6 is 11.3 Å². The second kappa shape index (κ2) is 10.9. The van der Waals surface area contributed by atoms with E-state index < -0.39 is 0 Å². The Morgan fingerprint density at radius 1 is 1.03 bits per heavy atom. The smallest absolute Gasteiger partial charge is 0.263 e. The van der Waals surface area contributed by atoms with Gasteiger partial charge in [0.15, 0.2) is 0 Å². The maximum absolute atomic E-state index is 13.3. The van der Waals surface area contributed by atoms with E-state index in [0.29, 0.717) is 6.54 Å². The Morgan fingerprint density at radius 3 is 2.43 bits per heavy atom. The third kappa shape index (κ3) is 5.47. The number of carbonyl (C=O) groups excluding carboxylic acids is 1. The predicted molar refractivity (Wildman–Crippen MR) is 142 cm³/mol. The van der Waals surface area contributed by atoms with Crippen LogP contribution in [-0.2, 0) is 11.2 Å². The normalized spacial score (nSPS) is 13.7. The molecule has 1 aliphatic rings. The number of rotatable bonds is 8. The van der Waals surface area contributed by atoms with Gasteiger partial charge < -0.3 is 14.5 Å². The number of nitrogens with one attached hydrogen (secondary N) is 1. The molecule has 1 fully saturated rings. The van der Waals surface area contributed by atoms with E-state index in [9.17, 15) is 4.79 Å². The molecule has 4 aromatic rings. The van der Waals surface area contributed by atoms with Crippen LogP contribution in [0, 0.1) is 0 Å². The number of carbonyl (C=O) groups is 1. The highest BCUT2D eigenvalue weighted by molar-refractivity contribution is 7.18. The first-order chi connectivity index (χ1) is 17.2. The molecule has 7 heteroatoms. The Kier molecular flexibility index (Phi) is 7.25. The Morgan fingerprint density at radius 2 is 1.71 bits per heavy atom. The van der Waals surface area contributed by atoms with Crippen LogP contribution in [0.5, 0.6) is 0 Å². The summed E-state index contributed by atoms with van der Waals surface area (Å²) in [6.07, 6.45) is 1.71. The quantitative estimate of drug-likeness (QED) is 0.365. The van der Waals surface area contributed by atoms with Crippen molar-refractivity contribution in [1.29, 1.82) is 0 Å². The van der Waals surface area contributed by atoms with Crippen LogP contribution in [0.25, 0.3) is 22.4 Å². The van der Waals surface area contributed by atoms with Crippen molar-refractivity contribution in [3.63, 3.8) is 0 Å². The van der Waals surface area contributed by atoms with Gasteiger partial charge in [-0.25, -0.2) is 0 Å². The Bertz CT molecular complexity index is 1250. The first kappa shape index (κ1) is 23.3. The van der Waals surface area contributed by atoms with E-state index >= 15 is 0 Å². The van der Waals surface area contributed by atoms with E-state index in [-0.39, 0.29) is 5.91 Å². The number of thiophene rings is 1. The van der Waals surface area contributed by atoms with Crippen LogP contribution in [0.3, 0.4) is 0 Å². The summed E-state index contributed by atoms with van der Waals surface area (Å²) in [5.41, 5.74) is 5.40. The first-order valence-corrected chi connectivity index (χ1v) is 12.9. The Labute approximate surface area is 210 Å². The maximum atomic E-state index is 13.3. The van der Waals surface area contributed by atoms with Crippen molar-refractivity contribution in [3.05, 3.63) is 83.4 Å². The Hall–Kier alpha value is -3.42. The second-order valence-electron chi connectivity index (χ2n) is 8.77. The highest BCUT2D eigenvalue weighted by atomic mass is 32.1. The number of morpholine rings is 1. The molecule has 3 heterocycles. The van der Waals surface area contributed by atoms with Crippen molar-refractivity contribution in [2.45, 2.75) is 12.8 Å². The number of nitrogens with zero attached hydrogens (tertiary/aromatic N) is 3. The summed E-state index contributed by atoms with van der Waals surface area (Å²) >= 11 is 1.59. The molecule has 1 amide bonds. The minimum absolute atomic E-state index is 0.0706. The van der Waals surface area contributed by atoms with E-state index in [1.807, 2.05) is 48.3 Å². The third-order valence-electron chi connectivity index (χ3n) is 6.29. The molecule has 0 bridgehead atoms. The molecule has 35 heavy (non-hydrogen) atoms.